The number of H-pyrrole nitrogens is 2. The molecule has 6 nitrogen and oxygen atoms in total. The molecule has 0 aliphatic carbocycles. The number of carbonyl (C=O) groups is 3. The van der Waals surface area contributed by atoms with E-state index in [0.717, 1.165) is 21.8 Å². The van der Waals surface area contributed by atoms with Crippen LogP contribution in [0.25, 0.3) is 21.8 Å². The molecule has 0 spiro atoms. The fourth-order valence-corrected chi connectivity index (χ4v) is 3.07. The SMILES string of the molecule is CC(=O)c1cc2cc(NC(=O)c3ccc4[nH]c(C(C)=O)cc4c3)ccc2[nH]1. The van der Waals surface area contributed by atoms with Crippen molar-refractivity contribution in [3.63, 3.8) is 0 Å². The van der Waals surface area contributed by atoms with E-state index in [2.05, 4.69) is 15.3 Å². The van der Waals surface area contributed by atoms with E-state index < -0.39 is 0 Å². The first kappa shape index (κ1) is 16.8. The van der Waals surface area contributed by atoms with Gasteiger partial charge in [-0.1, -0.05) is 0 Å². The summed E-state index contributed by atoms with van der Waals surface area (Å²) in [6, 6.07) is 14.2. The topological polar surface area (TPSA) is 94.8 Å². The van der Waals surface area contributed by atoms with Crippen LogP contribution in [0.5, 0.6) is 0 Å². The third-order valence-electron chi connectivity index (χ3n) is 4.52. The number of Topliss-reactive ketones (excluding diaryl/α,β-unsaturated/α-hetero) is 2. The van der Waals surface area contributed by atoms with Crippen molar-refractivity contribution < 1.29 is 14.4 Å². The van der Waals surface area contributed by atoms with E-state index >= 15 is 0 Å². The Kier molecular flexibility index (Phi) is 3.88. The van der Waals surface area contributed by atoms with Gasteiger partial charge >= 0.3 is 0 Å². The summed E-state index contributed by atoms with van der Waals surface area (Å²) >= 11 is 0. The van der Waals surface area contributed by atoms with Gasteiger partial charge < -0.3 is 15.3 Å². The van der Waals surface area contributed by atoms with Crippen LogP contribution in [0.1, 0.15) is 45.2 Å². The van der Waals surface area contributed by atoms with Crippen LogP contribution in [0, 0.1) is 0 Å². The maximum atomic E-state index is 12.6. The molecule has 0 saturated heterocycles. The molecule has 0 saturated carbocycles. The van der Waals surface area contributed by atoms with E-state index in [4.69, 9.17) is 0 Å². The van der Waals surface area contributed by atoms with Crippen molar-refractivity contribution in [2.24, 2.45) is 0 Å². The molecule has 3 N–H and O–H groups in total. The molecule has 0 radical (unpaired) electrons. The molecule has 0 bridgehead atoms. The fraction of sp³-hybridized carbons (Fsp3) is 0.0952. The van der Waals surface area contributed by atoms with Gasteiger partial charge in [0.1, 0.15) is 0 Å². The van der Waals surface area contributed by atoms with E-state index in [1.54, 1.807) is 36.4 Å². The Morgan fingerprint density at radius 1 is 0.741 bits per heavy atom. The van der Waals surface area contributed by atoms with Gasteiger partial charge in [0.05, 0.1) is 11.4 Å². The highest BCUT2D eigenvalue weighted by atomic mass is 16.1. The zero-order chi connectivity index (χ0) is 19.1. The van der Waals surface area contributed by atoms with Crippen LogP contribution in [-0.4, -0.2) is 27.4 Å². The number of fused-ring (bicyclic) bond motifs is 2. The second kappa shape index (κ2) is 6.25. The van der Waals surface area contributed by atoms with Gasteiger partial charge in [-0.2, -0.15) is 0 Å². The lowest BCUT2D eigenvalue weighted by atomic mass is 10.1. The first-order chi connectivity index (χ1) is 12.9. The summed E-state index contributed by atoms with van der Waals surface area (Å²) in [6.45, 7) is 3.00. The van der Waals surface area contributed by atoms with E-state index in [-0.39, 0.29) is 17.5 Å². The minimum Gasteiger partial charge on any atom is -0.352 e. The standard InChI is InChI=1S/C21H17N3O3/c1-11(25)19-9-14-7-13(3-5-17(14)23-19)21(27)22-16-4-6-18-15(8-16)10-20(24-18)12(2)26/h3-10,23-24H,1-2H3,(H,22,27). The number of ketones is 2. The summed E-state index contributed by atoms with van der Waals surface area (Å²) in [7, 11) is 0. The number of rotatable bonds is 4. The number of carbonyl (C=O) groups excluding carboxylic acids is 3. The summed E-state index contributed by atoms with van der Waals surface area (Å²) in [5.74, 6) is -0.340. The molecule has 0 aliphatic heterocycles. The van der Waals surface area contributed by atoms with Crippen LogP contribution in [-0.2, 0) is 0 Å². The Balaban J connectivity index is 1.61. The second-order valence-electron chi connectivity index (χ2n) is 6.54. The monoisotopic (exact) mass is 359 g/mol. The average Bonchev–Trinajstić information content (AvgIpc) is 3.24. The minimum atomic E-state index is -0.246. The lowest BCUT2D eigenvalue weighted by Crippen LogP contribution is -2.11. The molecule has 0 atom stereocenters. The molecule has 2 aromatic carbocycles. The molecule has 2 aromatic heterocycles. The average molecular weight is 359 g/mol. The van der Waals surface area contributed by atoms with E-state index in [9.17, 15) is 14.4 Å². The molecule has 0 unspecified atom stereocenters. The highest BCUT2D eigenvalue weighted by Gasteiger charge is 2.11. The van der Waals surface area contributed by atoms with Crippen molar-refractivity contribution >= 4 is 45.0 Å². The van der Waals surface area contributed by atoms with Gasteiger partial charge in [-0.05, 0) is 48.5 Å². The highest BCUT2D eigenvalue weighted by Crippen LogP contribution is 2.22. The van der Waals surface area contributed by atoms with Crippen LogP contribution in [0.4, 0.5) is 5.69 Å². The molecule has 4 rings (SSSR count). The zero-order valence-corrected chi connectivity index (χ0v) is 14.8. The van der Waals surface area contributed by atoms with Crippen LogP contribution in [0.15, 0.2) is 48.5 Å². The van der Waals surface area contributed by atoms with Gasteiger partial charge in [-0.15, -0.1) is 0 Å². The predicted molar refractivity (Wildman–Crippen MR) is 105 cm³/mol. The number of amides is 1. The molecule has 4 aromatic rings. The normalized spacial score (nSPS) is 11.0. The van der Waals surface area contributed by atoms with Crippen LogP contribution in [0.2, 0.25) is 0 Å². The summed E-state index contributed by atoms with van der Waals surface area (Å²) in [5.41, 5.74) is 3.83. The lowest BCUT2D eigenvalue weighted by Gasteiger charge is -2.05. The largest absolute Gasteiger partial charge is 0.352 e. The van der Waals surface area contributed by atoms with Crippen LogP contribution < -0.4 is 5.32 Å². The van der Waals surface area contributed by atoms with Gasteiger partial charge in [-0.25, -0.2) is 0 Å². The van der Waals surface area contributed by atoms with Crippen LogP contribution in [0.3, 0.4) is 0 Å². The maximum Gasteiger partial charge on any atom is 0.255 e. The number of nitrogens with one attached hydrogen (secondary N) is 3. The van der Waals surface area contributed by atoms with Crippen molar-refractivity contribution in [2.45, 2.75) is 13.8 Å². The molecular formula is C21H17N3O3. The van der Waals surface area contributed by atoms with Gasteiger partial charge in [0, 0.05) is 46.9 Å². The second-order valence-corrected chi connectivity index (χ2v) is 6.54. The molecule has 2 heterocycles. The minimum absolute atomic E-state index is 0.0403. The molecular weight excluding hydrogens is 342 g/mol. The number of aromatic nitrogens is 2. The maximum absolute atomic E-state index is 12.6. The fourth-order valence-electron chi connectivity index (χ4n) is 3.07. The van der Waals surface area contributed by atoms with Gasteiger partial charge in [0.25, 0.3) is 5.91 Å². The van der Waals surface area contributed by atoms with E-state index in [1.165, 1.54) is 13.8 Å². The molecule has 134 valence electrons. The summed E-state index contributed by atoms with van der Waals surface area (Å²) in [6.07, 6.45) is 0. The molecule has 0 fully saturated rings. The Morgan fingerprint density at radius 3 is 1.89 bits per heavy atom. The smallest absolute Gasteiger partial charge is 0.255 e. The Labute approximate surface area is 154 Å². The van der Waals surface area contributed by atoms with Crippen molar-refractivity contribution in [1.82, 2.24) is 9.97 Å². The zero-order valence-electron chi connectivity index (χ0n) is 14.8. The Bertz CT molecular complexity index is 1230. The lowest BCUT2D eigenvalue weighted by molar-refractivity contribution is 0.100. The van der Waals surface area contributed by atoms with Crippen molar-refractivity contribution in [2.75, 3.05) is 5.32 Å². The summed E-state index contributed by atoms with van der Waals surface area (Å²) < 4.78 is 0. The van der Waals surface area contributed by atoms with E-state index in [1.807, 2.05) is 12.1 Å². The number of benzene rings is 2. The first-order valence-corrected chi connectivity index (χ1v) is 8.49. The number of aromatic amines is 2. The molecule has 6 heteroatoms. The summed E-state index contributed by atoms with van der Waals surface area (Å²) in [4.78, 5) is 41.7. The number of anilines is 1. The Hall–Kier alpha value is -3.67. The Morgan fingerprint density at radius 2 is 1.30 bits per heavy atom. The van der Waals surface area contributed by atoms with Crippen LogP contribution >= 0.6 is 0 Å². The van der Waals surface area contributed by atoms with Crippen molar-refractivity contribution in [3.05, 3.63) is 65.5 Å². The van der Waals surface area contributed by atoms with Gasteiger partial charge in [0.2, 0.25) is 0 Å². The molecule has 27 heavy (non-hydrogen) atoms. The van der Waals surface area contributed by atoms with Gasteiger partial charge in [0.15, 0.2) is 11.6 Å². The third-order valence-corrected chi connectivity index (χ3v) is 4.52. The summed E-state index contributed by atoms with van der Waals surface area (Å²) in [5, 5.41) is 4.53. The molecule has 1 amide bonds. The quantitative estimate of drug-likeness (QED) is 0.474. The predicted octanol–water partition coefficient (Wildman–Crippen LogP) is 4.31. The number of hydrogen-bond donors (Lipinski definition) is 3. The highest BCUT2D eigenvalue weighted by molar-refractivity contribution is 6.08. The van der Waals surface area contributed by atoms with Crippen molar-refractivity contribution in [1.29, 1.82) is 0 Å². The van der Waals surface area contributed by atoms with Gasteiger partial charge in [-0.3, -0.25) is 14.4 Å². The first-order valence-electron chi connectivity index (χ1n) is 8.49. The van der Waals surface area contributed by atoms with Crippen molar-refractivity contribution in [3.8, 4) is 0 Å². The molecule has 0 aliphatic rings. The third kappa shape index (κ3) is 3.13. The van der Waals surface area contributed by atoms with E-state index in [0.29, 0.717) is 22.6 Å². The number of hydrogen-bond acceptors (Lipinski definition) is 3.